The Kier molecular flexibility index (Phi) is 4.59. The summed E-state index contributed by atoms with van der Waals surface area (Å²) in [6.45, 7) is 0. The fraction of sp³-hybridized carbons (Fsp3) is 0. The van der Waals surface area contributed by atoms with Crippen molar-refractivity contribution in [1.82, 2.24) is 0 Å². The molecule has 0 N–H and O–H groups in total. The summed E-state index contributed by atoms with van der Waals surface area (Å²) in [7, 11) is 0. The van der Waals surface area contributed by atoms with Crippen LogP contribution in [0.3, 0.4) is 0 Å². The minimum atomic E-state index is 0.355. The van der Waals surface area contributed by atoms with Crippen LogP contribution in [0.25, 0.3) is 0 Å². The number of nitrogens with zero attached hydrogens (tertiary/aromatic N) is 2. The van der Waals surface area contributed by atoms with Crippen molar-refractivity contribution in [1.29, 1.82) is 10.5 Å². The van der Waals surface area contributed by atoms with Gasteiger partial charge in [-0.25, -0.2) is 0 Å². The predicted molar refractivity (Wildman–Crippen MR) is 73.1 cm³/mol. The third kappa shape index (κ3) is 3.47. The normalized spacial score (nSPS) is 9.44. The number of benzene rings is 2. The molecule has 0 atom stereocenters. The molecule has 0 amide bonds. The van der Waals surface area contributed by atoms with Crippen LogP contribution in [0.5, 0.6) is 0 Å². The van der Waals surface area contributed by atoms with E-state index in [2.05, 4.69) is 24.3 Å². The van der Waals surface area contributed by atoms with Crippen LogP contribution >= 0.6 is 0 Å². The van der Waals surface area contributed by atoms with Gasteiger partial charge in [0.25, 0.3) is 0 Å². The third-order valence-corrected chi connectivity index (χ3v) is 9.31. The van der Waals surface area contributed by atoms with Gasteiger partial charge in [0.2, 0.25) is 0 Å². The number of hydrogen-bond acceptors (Lipinski definition) is 2. The summed E-state index contributed by atoms with van der Waals surface area (Å²) in [5.41, 5.74) is 1.44. The molecule has 0 unspecified atom stereocenters. The summed E-state index contributed by atoms with van der Waals surface area (Å²) in [5.74, 6) is 0. The van der Waals surface area contributed by atoms with Crippen LogP contribution in [0.4, 0.5) is 0 Å². The quantitative estimate of drug-likeness (QED) is 0.755. The average Bonchev–Trinajstić information content (AvgIpc) is 2.45. The molecule has 0 saturated carbocycles. The van der Waals surface area contributed by atoms with Crippen LogP contribution in [-0.4, -0.2) is 26.3 Å². The molecule has 0 spiro atoms. The van der Waals surface area contributed by atoms with Crippen LogP contribution in [0, 0.1) is 22.7 Å². The summed E-state index contributed by atoms with van der Waals surface area (Å²) in [6.07, 6.45) is 0. The Morgan fingerprint density at radius 1 is 0.722 bits per heavy atom. The fourth-order valence-corrected chi connectivity index (χ4v) is 7.39. The van der Waals surface area contributed by atoms with Gasteiger partial charge in [-0.2, -0.15) is 0 Å². The van der Waals surface area contributed by atoms with Gasteiger partial charge in [0.05, 0.1) is 0 Å². The van der Waals surface area contributed by atoms with Crippen LogP contribution in [0.2, 0.25) is 0 Å². The van der Waals surface area contributed by atoms with Crippen LogP contribution in [0.15, 0.2) is 48.5 Å². The molecule has 18 heavy (non-hydrogen) atoms. The maximum atomic E-state index is 8.84. The number of nitriles is 2. The van der Waals surface area contributed by atoms with Crippen molar-refractivity contribution >= 4 is 35.2 Å². The van der Waals surface area contributed by atoms with E-state index in [0.717, 1.165) is 11.1 Å². The van der Waals surface area contributed by atoms with E-state index in [-0.39, 0.29) is 0 Å². The van der Waals surface area contributed by atoms with E-state index >= 15 is 0 Å². The summed E-state index contributed by atoms with van der Waals surface area (Å²) in [5, 5.41) is 17.7. The van der Waals surface area contributed by atoms with E-state index in [1.807, 2.05) is 36.4 Å². The van der Waals surface area contributed by atoms with Crippen molar-refractivity contribution in [2.24, 2.45) is 0 Å². The monoisotopic (exact) mass is 364 g/mol. The van der Waals surface area contributed by atoms with Crippen LogP contribution < -0.4 is 8.92 Å². The van der Waals surface area contributed by atoms with E-state index in [4.69, 9.17) is 10.5 Å². The van der Waals surface area contributed by atoms with E-state index < -0.39 is 0 Å². The second kappa shape index (κ2) is 6.41. The van der Waals surface area contributed by atoms with Crippen molar-refractivity contribution in [2.45, 2.75) is 0 Å². The number of rotatable bonds is 3. The van der Waals surface area contributed by atoms with Crippen molar-refractivity contribution < 1.29 is 0 Å². The molecule has 2 nitrogen and oxygen atoms in total. The van der Waals surface area contributed by atoms with Gasteiger partial charge >= 0.3 is 118 Å². The first-order valence-corrected chi connectivity index (χ1v) is 11.2. The van der Waals surface area contributed by atoms with Crippen LogP contribution in [-0.2, 0) is 0 Å². The van der Waals surface area contributed by atoms with Gasteiger partial charge in [0, 0.05) is 0 Å². The molecule has 86 valence electrons. The molecule has 0 bridgehead atoms. The maximum absolute atomic E-state index is 8.84. The molecule has 2 aromatic carbocycles. The van der Waals surface area contributed by atoms with Crippen molar-refractivity contribution in [3.63, 3.8) is 0 Å². The molecule has 0 aliphatic carbocycles. The van der Waals surface area contributed by atoms with Gasteiger partial charge in [-0.15, -0.1) is 0 Å². The zero-order valence-corrected chi connectivity index (χ0v) is 12.8. The van der Waals surface area contributed by atoms with Crippen molar-refractivity contribution in [3.8, 4) is 12.1 Å². The standard InChI is InChI=1S/C14H8N2Se2/c15-9-11-3-1-5-13(7-11)17-18-14-6-2-4-12(8-14)10-16/h1-8H. The minimum absolute atomic E-state index is 0.355. The van der Waals surface area contributed by atoms with Gasteiger partial charge in [-0.1, -0.05) is 0 Å². The molecule has 2 rings (SSSR count). The van der Waals surface area contributed by atoms with Gasteiger partial charge in [0.15, 0.2) is 0 Å². The Morgan fingerprint density at radius 2 is 1.17 bits per heavy atom. The Bertz CT molecular complexity index is 581. The first kappa shape index (κ1) is 12.9. The number of hydrogen-bond donors (Lipinski definition) is 0. The molecular weight excluding hydrogens is 354 g/mol. The Labute approximate surface area is 117 Å². The molecule has 0 heterocycles. The molecule has 0 saturated heterocycles. The molecule has 2 aromatic rings. The average molecular weight is 362 g/mol. The second-order valence-corrected chi connectivity index (χ2v) is 9.76. The molecule has 0 aliphatic heterocycles. The van der Waals surface area contributed by atoms with Crippen LogP contribution in [0.1, 0.15) is 11.1 Å². The molecule has 4 heteroatoms. The van der Waals surface area contributed by atoms with E-state index in [9.17, 15) is 0 Å². The molecule has 0 fully saturated rings. The second-order valence-electron chi connectivity index (χ2n) is 3.45. The van der Waals surface area contributed by atoms with E-state index in [1.165, 1.54) is 8.92 Å². The molecule has 0 aliphatic rings. The van der Waals surface area contributed by atoms with Crippen molar-refractivity contribution in [3.05, 3.63) is 59.7 Å². The van der Waals surface area contributed by atoms with Crippen molar-refractivity contribution in [2.75, 3.05) is 0 Å². The summed E-state index contributed by atoms with van der Waals surface area (Å²) in [4.78, 5) is 0. The zero-order chi connectivity index (χ0) is 12.8. The summed E-state index contributed by atoms with van der Waals surface area (Å²) in [6, 6.07) is 19.9. The first-order valence-electron chi connectivity index (χ1n) is 5.16. The van der Waals surface area contributed by atoms with E-state index in [1.54, 1.807) is 0 Å². The topological polar surface area (TPSA) is 47.6 Å². The Balaban J connectivity index is 2.07. The first-order chi connectivity index (χ1) is 8.81. The van der Waals surface area contributed by atoms with Gasteiger partial charge in [0.1, 0.15) is 0 Å². The molecule has 0 aromatic heterocycles. The third-order valence-electron chi connectivity index (χ3n) is 2.16. The molecular formula is C14H8N2Se2. The predicted octanol–water partition coefficient (Wildman–Crippen LogP) is 0.704. The fourth-order valence-electron chi connectivity index (χ4n) is 1.33. The zero-order valence-electron chi connectivity index (χ0n) is 9.33. The summed E-state index contributed by atoms with van der Waals surface area (Å²) < 4.78 is 2.48. The summed E-state index contributed by atoms with van der Waals surface area (Å²) >= 11 is 0.710. The van der Waals surface area contributed by atoms with Gasteiger partial charge in [-0.05, 0) is 0 Å². The van der Waals surface area contributed by atoms with Gasteiger partial charge < -0.3 is 0 Å². The molecule has 0 radical (unpaired) electrons. The SMILES string of the molecule is N#Cc1cccc([Se][Se]c2cccc(C#N)c2)c1. The van der Waals surface area contributed by atoms with Gasteiger partial charge in [-0.3, -0.25) is 0 Å². The van der Waals surface area contributed by atoms with E-state index in [0.29, 0.717) is 26.3 Å². The Morgan fingerprint density at radius 3 is 1.56 bits per heavy atom. The Hall–Kier alpha value is -1.54.